The lowest BCUT2D eigenvalue weighted by molar-refractivity contribution is 0.287. The fraction of sp³-hybridized carbons (Fsp3) is 0.333. The Bertz CT molecular complexity index is 931. The van der Waals surface area contributed by atoms with Crippen molar-refractivity contribution in [1.29, 1.82) is 0 Å². The predicted molar refractivity (Wildman–Crippen MR) is 86.5 cm³/mol. The number of rotatable bonds is 2. The summed E-state index contributed by atoms with van der Waals surface area (Å²) in [6.45, 7) is 0. The normalized spacial score (nSPS) is 33.5. The van der Waals surface area contributed by atoms with Crippen molar-refractivity contribution in [2.24, 2.45) is 23.7 Å². The number of nitrogens with one attached hydrogen (secondary N) is 1. The first kappa shape index (κ1) is 12.9. The SMILES string of the molecule is O=c1[nH]n(C2C=CC3C4C=CC(C4)C32)c(=O)n1-c1ccccc1. The van der Waals surface area contributed by atoms with Gasteiger partial charge >= 0.3 is 11.4 Å². The average Bonchev–Trinajstić information content (AvgIpc) is 3.30. The van der Waals surface area contributed by atoms with E-state index in [0.717, 1.165) is 0 Å². The van der Waals surface area contributed by atoms with E-state index < -0.39 is 0 Å². The molecule has 3 aliphatic carbocycles. The van der Waals surface area contributed by atoms with E-state index in [9.17, 15) is 9.59 Å². The summed E-state index contributed by atoms with van der Waals surface area (Å²) in [7, 11) is 0. The molecule has 1 aromatic carbocycles. The number of nitrogens with zero attached hydrogens (tertiary/aromatic N) is 2. The highest BCUT2D eigenvalue weighted by Crippen LogP contribution is 2.55. The molecule has 1 N–H and O–H groups in total. The third-order valence-electron chi connectivity index (χ3n) is 5.64. The molecule has 3 aliphatic rings. The number of H-pyrrole nitrogens is 1. The van der Waals surface area contributed by atoms with Crippen LogP contribution in [0, 0.1) is 23.7 Å². The summed E-state index contributed by atoms with van der Waals surface area (Å²) >= 11 is 0. The molecule has 0 spiro atoms. The molecule has 5 rings (SSSR count). The van der Waals surface area contributed by atoms with Gasteiger partial charge < -0.3 is 0 Å². The summed E-state index contributed by atoms with van der Waals surface area (Å²) in [6.07, 6.45) is 10.1. The molecule has 0 aliphatic heterocycles. The van der Waals surface area contributed by atoms with Crippen LogP contribution in [0.2, 0.25) is 0 Å². The Morgan fingerprint density at radius 1 is 0.957 bits per heavy atom. The molecule has 1 heterocycles. The number of fused-ring (bicyclic) bond motifs is 5. The highest BCUT2D eigenvalue weighted by atomic mass is 16.2. The second-order valence-electron chi connectivity index (χ2n) is 6.72. The zero-order valence-corrected chi connectivity index (χ0v) is 12.5. The Hall–Kier alpha value is -2.56. The quantitative estimate of drug-likeness (QED) is 0.861. The van der Waals surface area contributed by atoms with Crippen LogP contribution in [0.25, 0.3) is 5.69 Å². The minimum atomic E-state index is -0.378. The third-order valence-corrected chi connectivity index (χ3v) is 5.64. The predicted octanol–water partition coefficient (Wildman–Crippen LogP) is 1.88. The molecule has 2 aromatic rings. The average molecular weight is 307 g/mol. The molecular weight excluding hydrogens is 290 g/mol. The van der Waals surface area contributed by atoms with E-state index >= 15 is 0 Å². The Labute approximate surface area is 132 Å². The van der Waals surface area contributed by atoms with Crippen molar-refractivity contribution in [1.82, 2.24) is 14.3 Å². The lowest BCUT2D eigenvalue weighted by Gasteiger charge is -2.26. The maximum Gasteiger partial charge on any atom is 0.352 e. The monoisotopic (exact) mass is 307 g/mol. The smallest absolute Gasteiger partial charge is 0.246 e. The van der Waals surface area contributed by atoms with Crippen LogP contribution in [0.4, 0.5) is 0 Å². The fourth-order valence-electron chi connectivity index (χ4n) is 4.68. The van der Waals surface area contributed by atoms with E-state index in [4.69, 9.17) is 0 Å². The van der Waals surface area contributed by atoms with Gasteiger partial charge in [0.25, 0.3) is 0 Å². The van der Waals surface area contributed by atoms with Gasteiger partial charge in [0.05, 0.1) is 11.7 Å². The summed E-state index contributed by atoms with van der Waals surface area (Å²) in [4.78, 5) is 25.1. The largest absolute Gasteiger partial charge is 0.352 e. The van der Waals surface area contributed by atoms with Crippen molar-refractivity contribution in [3.8, 4) is 5.69 Å². The molecule has 0 radical (unpaired) electrons. The Morgan fingerprint density at radius 3 is 2.57 bits per heavy atom. The number of hydrogen-bond acceptors (Lipinski definition) is 2. The summed E-state index contributed by atoms with van der Waals surface area (Å²) in [5.41, 5.74) is -0.0659. The van der Waals surface area contributed by atoms with Gasteiger partial charge in [-0.25, -0.2) is 23.9 Å². The first-order valence-electron chi connectivity index (χ1n) is 8.09. The van der Waals surface area contributed by atoms with Crippen molar-refractivity contribution in [2.75, 3.05) is 0 Å². The molecule has 0 saturated heterocycles. The second-order valence-corrected chi connectivity index (χ2v) is 6.72. The first-order valence-corrected chi connectivity index (χ1v) is 8.09. The van der Waals surface area contributed by atoms with Gasteiger partial charge in [0.15, 0.2) is 0 Å². The number of aromatic nitrogens is 3. The summed E-state index contributed by atoms with van der Waals surface area (Å²) in [6, 6.07) is 9.01. The number of aromatic amines is 1. The van der Waals surface area contributed by atoms with E-state index in [-0.39, 0.29) is 17.4 Å². The van der Waals surface area contributed by atoms with E-state index in [1.165, 1.54) is 15.7 Å². The zero-order valence-electron chi connectivity index (χ0n) is 12.5. The highest BCUT2D eigenvalue weighted by molar-refractivity contribution is 5.31. The van der Waals surface area contributed by atoms with Crippen LogP contribution in [-0.2, 0) is 0 Å². The molecule has 116 valence electrons. The molecule has 5 unspecified atom stereocenters. The van der Waals surface area contributed by atoms with Gasteiger partial charge in [-0.3, -0.25) is 0 Å². The minimum Gasteiger partial charge on any atom is -0.246 e. The summed E-state index contributed by atoms with van der Waals surface area (Å²) in [5.74, 6) is 2.01. The molecule has 2 bridgehead atoms. The van der Waals surface area contributed by atoms with Gasteiger partial charge in [-0.05, 0) is 42.2 Å². The Balaban J connectivity index is 1.61. The maximum absolute atomic E-state index is 12.8. The summed E-state index contributed by atoms with van der Waals surface area (Å²) in [5, 5.41) is 2.76. The van der Waals surface area contributed by atoms with Crippen molar-refractivity contribution in [3.05, 3.63) is 75.6 Å². The second kappa shape index (κ2) is 4.47. The highest BCUT2D eigenvalue weighted by Gasteiger charge is 2.50. The summed E-state index contributed by atoms with van der Waals surface area (Å²) < 4.78 is 2.73. The molecule has 1 saturated carbocycles. The number of allylic oxidation sites excluding steroid dienone is 4. The van der Waals surface area contributed by atoms with Gasteiger partial charge in [0, 0.05) is 0 Å². The molecule has 1 fully saturated rings. The van der Waals surface area contributed by atoms with E-state index in [1.54, 1.807) is 12.1 Å². The fourth-order valence-corrected chi connectivity index (χ4v) is 4.68. The van der Waals surface area contributed by atoms with Crippen LogP contribution in [0.5, 0.6) is 0 Å². The van der Waals surface area contributed by atoms with Gasteiger partial charge in [-0.1, -0.05) is 42.5 Å². The van der Waals surface area contributed by atoms with Crippen molar-refractivity contribution in [2.45, 2.75) is 12.5 Å². The topological polar surface area (TPSA) is 59.8 Å². The van der Waals surface area contributed by atoms with Gasteiger partial charge in [-0.2, -0.15) is 0 Å². The van der Waals surface area contributed by atoms with Crippen LogP contribution >= 0.6 is 0 Å². The van der Waals surface area contributed by atoms with Crippen molar-refractivity contribution < 1.29 is 0 Å². The Morgan fingerprint density at radius 2 is 1.74 bits per heavy atom. The molecule has 5 heteroatoms. The number of hydrogen-bond donors (Lipinski definition) is 1. The lowest BCUT2D eigenvalue weighted by atomic mass is 9.83. The van der Waals surface area contributed by atoms with Gasteiger partial charge in [0.1, 0.15) is 0 Å². The van der Waals surface area contributed by atoms with Gasteiger partial charge in [0.2, 0.25) is 0 Å². The van der Waals surface area contributed by atoms with Crippen molar-refractivity contribution >= 4 is 0 Å². The number of benzene rings is 1. The molecule has 5 atom stereocenters. The van der Waals surface area contributed by atoms with E-state index in [1.807, 2.05) is 18.2 Å². The Kier molecular flexibility index (Phi) is 2.52. The first-order chi connectivity index (χ1) is 11.2. The van der Waals surface area contributed by atoms with Crippen LogP contribution < -0.4 is 11.4 Å². The third kappa shape index (κ3) is 1.67. The van der Waals surface area contributed by atoms with Crippen LogP contribution in [-0.4, -0.2) is 14.3 Å². The van der Waals surface area contributed by atoms with E-state index in [2.05, 4.69) is 29.4 Å². The van der Waals surface area contributed by atoms with Gasteiger partial charge in [-0.15, -0.1) is 0 Å². The van der Waals surface area contributed by atoms with Crippen LogP contribution in [0.3, 0.4) is 0 Å². The number of para-hydroxylation sites is 1. The molecule has 5 nitrogen and oxygen atoms in total. The molecule has 23 heavy (non-hydrogen) atoms. The molecule has 0 amide bonds. The van der Waals surface area contributed by atoms with Crippen molar-refractivity contribution in [3.63, 3.8) is 0 Å². The van der Waals surface area contributed by atoms with Crippen LogP contribution in [0.15, 0.2) is 64.2 Å². The minimum absolute atomic E-state index is 0.0508. The van der Waals surface area contributed by atoms with Crippen LogP contribution in [0.1, 0.15) is 12.5 Å². The van der Waals surface area contributed by atoms with E-state index in [0.29, 0.717) is 29.4 Å². The maximum atomic E-state index is 12.8. The zero-order chi connectivity index (χ0) is 15.6. The lowest BCUT2D eigenvalue weighted by Crippen LogP contribution is -2.32. The standard InChI is InChI=1S/C18H17N3O2/c22-17-19-21(18(23)20(17)13-4-2-1-3-5-13)15-9-8-14-11-6-7-12(10-11)16(14)15/h1-9,11-12,14-16H,10H2,(H,19,22). The molecular formula is C18H17N3O2. The molecule has 1 aromatic heterocycles.